The summed E-state index contributed by atoms with van der Waals surface area (Å²) in [6.45, 7) is 4.88. The molecule has 1 amide bonds. The zero-order chi connectivity index (χ0) is 36.5. The van der Waals surface area contributed by atoms with Gasteiger partial charge in [0.25, 0.3) is 0 Å². The molecule has 0 rings (SSSR count). The van der Waals surface area contributed by atoms with Crippen molar-refractivity contribution in [3.05, 3.63) is 0 Å². The van der Waals surface area contributed by atoms with Crippen molar-refractivity contribution >= 4 is 13.7 Å². The van der Waals surface area contributed by atoms with Crippen LogP contribution in [0.2, 0.25) is 0 Å². The standard InChI is InChI=1S/C40H83N2O6P/c1-6-8-10-12-14-16-18-19-20-21-22-23-24-25-27-29-31-33-39(43)38(37-48-49(45,46)47-36-35-42(3,4)5)41-40(44)34-32-30-28-26-17-15-13-11-9-7-2/h38-39,43H,6-37H2,1-5H3,(H-,41,44,45,46)/p+1/t38-,39+/m0/s1. The van der Waals surface area contributed by atoms with Gasteiger partial charge in [-0.1, -0.05) is 181 Å². The van der Waals surface area contributed by atoms with Crippen molar-refractivity contribution in [1.29, 1.82) is 0 Å². The van der Waals surface area contributed by atoms with Crippen LogP contribution in [0, 0.1) is 0 Å². The van der Waals surface area contributed by atoms with Crippen LogP contribution in [0.4, 0.5) is 0 Å². The van der Waals surface area contributed by atoms with Crippen molar-refractivity contribution in [3.63, 3.8) is 0 Å². The number of aliphatic hydroxyl groups excluding tert-OH is 1. The maximum atomic E-state index is 12.8. The lowest BCUT2D eigenvalue weighted by molar-refractivity contribution is -0.870. The first-order valence-corrected chi connectivity index (χ1v) is 22.4. The Morgan fingerprint density at radius 2 is 0.980 bits per heavy atom. The van der Waals surface area contributed by atoms with Crippen LogP contribution in [0.3, 0.4) is 0 Å². The largest absolute Gasteiger partial charge is 0.472 e. The number of likely N-dealkylation sites (N-methyl/N-ethyl adjacent to an activating group) is 1. The van der Waals surface area contributed by atoms with Crippen molar-refractivity contribution < 1.29 is 32.9 Å². The first-order valence-electron chi connectivity index (χ1n) is 20.9. The first kappa shape index (κ1) is 48.5. The maximum absolute atomic E-state index is 12.8. The summed E-state index contributed by atoms with van der Waals surface area (Å²) in [5, 5.41) is 13.9. The monoisotopic (exact) mass is 720 g/mol. The number of hydrogen-bond acceptors (Lipinski definition) is 5. The third kappa shape index (κ3) is 35.7. The number of unbranched alkanes of at least 4 members (excludes halogenated alkanes) is 25. The van der Waals surface area contributed by atoms with Crippen LogP contribution in [0.25, 0.3) is 0 Å². The predicted octanol–water partition coefficient (Wildman–Crippen LogP) is 11.0. The molecule has 0 saturated carbocycles. The summed E-state index contributed by atoms with van der Waals surface area (Å²) in [7, 11) is 1.62. The highest BCUT2D eigenvalue weighted by Crippen LogP contribution is 2.43. The molecule has 0 aromatic carbocycles. The molecule has 294 valence electrons. The lowest BCUT2D eigenvalue weighted by Gasteiger charge is -2.26. The first-order chi connectivity index (χ1) is 23.5. The molecule has 0 fully saturated rings. The average Bonchev–Trinajstić information content (AvgIpc) is 3.04. The third-order valence-corrected chi connectivity index (χ3v) is 10.6. The number of phosphoric acid groups is 1. The van der Waals surface area contributed by atoms with Gasteiger partial charge in [-0.3, -0.25) is 13.8 Å². The Bertz CT molecular complexity index is 778. The number of nitrogens with zero attached hydrogens (tertiary/aromatic N) is 1. The summed E-state index contributed by atoms with van der Waals surface area (Å²) in [6, 6.07) is -0.751. The van der Waals surface area contributed by atoms with Crippen LogP contribution >= 0.6 is 7.82 Å². The second-order valence-corrected chi connectivity index (χ2v) is 17.2. The Labute approximate surface area is 304 Å². The number of hydrogen-bond donors (Lipinski definition) is 3. The Kier molecular flexibility index (Phi) is 33.0. The fourth-order valence-corrected chi connectivity index (χ4v) is 6.96. The van der Waals surface area contributed by atoms with E-state index in [-0.39, 0.29) is 19.1 Å². The highest BCUT2D eigenvalue weighted by atomic mass is 31.2. The van der Waals surface area contributed by atoms with Gasteiger partial charge >= 0.3 is 7.82 Å². The van der Waals surface area contributed by atoms with Crippen molar-refractivity contribution in [2.45, 2.75) is 212 Å². The van der Waals surface area contributed by atoms with Gasteiger partial charge in [0.2, 0.25) is 5.91 Å². The smallest absolute Gasteiger partial charge is 0.391 e. The van der Waals surface area contributed by atoms with E-state index in [1.165, 1.54) is 135 Å². The van der Waals surface area contributed by atoms with E-state index in [1.807, 2.05) is 21.1 Å². The Morgan fingerprint density at radius 1 is 0.612 bits per heavy atom. The van der Waals surface area contributed by atoms with Crippen molar-refractivity contribution in [3.8, 4) is 0 Å². The van der Waals surface area contributed by atoms with Gasteiger partial charge in [-0.25, -0.2) is 4.57 Å². The van der Waals surface area contributed by atoms with Crippen LogP contribution in [-0.2, 0) is 18.4 Å². The van der Waals surface area contributed by atoms with Crippen LogP contribution in [-0.4, -0.2) is 73.4 Å². The van der Waals surface area contributed by atoms with Crippen LogP contribution in [0.1, 0.15) is 200 Å². The van der Waals surface area contributed by atoms with Crippen molar-refractivity contribution in [2.75, 3.05) is 40.9 Å². The van der Waals surface area contributed by atoms with Gasteiger partial charge in [-0.15, -0.1) is 0 Å². The topological polar surface area (TPSA) is 105 Å². The Morgan fingerprint density at radius 3 is 1.37 bits per heavy atom. The highest BCUT2D eigenvalue weighted by Gasteiger charge is 2.28. The number of carbonyl (C=O) groups excluding carboxylic acids is 1. The van der Waals surface area contributed by atoms with Gasteiger partial charge in [-0.05, 0) is 12.8 Å². The molecule has 3 atom stereocenters. The molecule has 49 heavy (non-hydrogen) atoms. The number of phosphoric ester groups is 1. The minimum atomic E-state index is -4.30. The SMILES string of the molecule is CCCCCCCCCCCCCCCCCCC[C@@H](O)[C@H](COP(=O)(O)OCC[N+](C)(C)C)NC(=O)CCCCCCCCCCCC. The van der Waals surface area contributed by atoms with E-state index >= 15 is 0 Å². The van der Waals surface area contributed by atoms with E-state index in [2.05, 4.69) is 19.2 Å². The molecule has 0 saturated heterocycles. The molecule has 0 aliphatic rings. The minimum Gasteiger partial charge on any atom is -0.391 e. The molecule has 0 aliphatic heterocycles. The predicted molar refractivity (Wildman–Crippen MR) is 208 cm³/mol. The molecule has 0 radical (unpaired) electrons. The number of aliphatic hydroxyl groups is 1. The summed E-state index contributed by atoms with van der Waals surface area (Å²) < 4.78 is 23.5. The van der Waals surface area contributed by atoms with E-state index < -0.39 is 20.0 Å². The van der Waals surface area contributed by atoms with Gasteiger partial charge in [0.1, 0.15) is 13.2 Å². The third-order valence-electron chi connectivity index (χ3n) is 9.61. The van der Waals surface area contributed by atoms with E-state index in [0.717, 1.165) is 38.5 Å². The quantitative estimate of drug-likeness (QED) is 0.0333. The number of quaternary nitrogens is 1. The van der Waals surface area contributed by atoms with E-state index in [4.69, 9.17) is 9.05 Å². The molecular formula is C40H84N2O6P+. The molecule has 3 N–H and O–H groups in total. The second kappa shape index (κ2) is 33.3. The fraction of sp³-hybridized carbons (Fsp3) is 0.975. The Balaban J connectivity index is 4.34. The minimum absolute atomic E-state index is 0.0782. The van der Waals surface area contributed by atoms with Gasteiger partial charge in [0.15, 0.2) is 0 Å². The number of carbonyl (C=O) groups is 1. The van der Waals surface area contributed by atoms with Crippen LogP contribution in [0.15, 0.2) is 0 Å². The summed E-state index contributed by atoms with van der Waals surface area (Å²) >= 11 is 0. The van der Waals surface area contributed by atoms with E-state index in [0.29, 0.717) is 23.9 Å². The second-order valence-electron chi connectivity index (χ2n) is 15.7. The molecule has 0 spiro atoms. The molecule has 0 aromatic rings. The normalized spacial score (nSPS) is 14.5. The molecule has 0 aliphatic carbocycles. The van der Waals surface area contributed by atoms with Crippen molar-refractivity contribution in [1.82, 2.24) is 5.32 Å². The molecule has 1 unspecified atom stereocenters. The number of amides is 1. The summed E-state index contributed by atoms with van der Waals surface area (Å²) in [4.78, 5) is 23.0. The summed E-state index contributed by atoms with van der Waals surface area (Å²) in [5.41, 5.74) is 0. The van der Waals surface area contributed by atoms with Gasteiger partial charge in [-0.2, -0.15) is 0 Å². The molecule has 8 nitrogen and oxygen atoms in total. The lowest BCUT2D eigenvalue weighted by atomic mass is 10.0. The van der Waals surface area contributed by atoms with Crippen LogP contribution < -0.4 is 5.32 Å². The highest BCUT2D eigenvalue weighted by molar-refractivity contribution is 7.47. The van der Waals surface area contributed by atoms with Gasteiger partial charge < -0.3 is 19.8 Å². The summed E-state index contributed by atoms with van der Waals surface area (Å²) in [6.07, 6.45) is 34.1. The van der Waals surface area contributed by atoms with Crippen LogP contribution in [0.5, 0.6) is 0 Å². The van der Waals surface area contributed by atoms with Gasteiger partial charge in [0, 0.05) is 6.42 Å². The van der Waals surface area contributed by atoms with E-state index in [9.17, 15) is 19.4 Å². The molecule has 9 heteroatoms. The Hall–Kier alpha value is -0.500. The van der Waals surface area contributed by atoms with Gasteiger partial charge in [0.05, 0.1) is 39.9 Å². The molecular weight excluding hydrogens is 635 g/mol. The number of nitrogens with one attached hydrogen (secondary N) is 1. The fourth-order valence-electron chi connectivity index (χ4n) is 6.22. The van der Waals surface area contributed by atoms with Crippen molar-refractivity contribution in [2.24, 2.45) is 0 Å². The average molecular weight is 720 g/mol. The molecule has 0 bridgehead atoms. The number of rotatable bonds is 38. The zero-order valence-electron chi connectivity index (χ0n) is 33.2. The zero-order valence-corrected chi connectivity index (χ0v) is 34.1. The van der Waals surface area contributed by atoms with E-state index in [1.54, 1.807) is 0 Å². The maximum Gasteiger partial charge on any atom is 0.472 e. The molecule has 0 aromatic heterocycles. The lowest BCUT2D eigenvalue weighted by Crippen LogP contribution is -2.46. The summed E-state index contributed by atoms with van der Waals surface area (Å²) in [5.74, 6) is -0.145. The molecule has 0 heterocycles.